The van der Waals surface area contributed by atoms with Crippen LogP contribution >= 0.6 is 0 Å². The largest absolute Gasteiger partial charge is 0.497 e. The average molecular weight is 222 g/mol. The molecule has 1 aromatic rings. The summed E-state index contributed by atoms with van der Waals surface area (Å²) >= 11 is 0. The van der Waals surface area contributed by atoms with Crippen LogP contribution in [-0.2, 0) is 4.79 Å². The van der Waals surface area contributed by atoms with E-state index < -0.39 is 0 Å². The smallest absolute Gasteiger partial charge is 0.236 e. The second-order valence-corrected chi connectivity index (χ2v) is 3.03. The molecule has 0 spiro atoms. The molecule has 1 aromatic carbocycles. The minimum absolute atomic E-state index is 0.224. The van der Waals surface area contributed by atoms with Crippen LogP contribution < -0.4 is 14.9 Å². The van der Waals surface area contributed by atoms with Gasteiger partial charge in [-0.25, -0.2) is 5.43 Å². The summed E-state index contributed by atoms with van der Waals surface area (Å²) in [6.07, 6.45) is 1.50. The first-order valence-corrected chi connectivity index (χ1v) is 4.69. The fraction of sp³-hybridized carbons (Fsp3) is 0.273. The van der Waals surface area contributed by atoms with Gasteiger partial charge in [-0.3, -0.25) is 4.79 Å². The molecule has 0 fully saturated rings. The van der Waals surface area contributed by atoms with Gasteiger partial charge in [-0.15, -0.1) is 0 Å². The van der Waals surface area contributed by atoms with Gasteiger partial charge in [0.15, 0.2) is 0 Å². The highest BCUT2D eigenvalue weighted by atomic mass is 16.5. The Morgan fingerprint density at radius 3 is 2.69 bits per heavy atom. The lowest BCUT2D eigenvalue weighted by molar-refractivity contribution is -0.118. The van der Waals surface area contributed by atoms with Crippen molar-refractivity contribution in [1.29, 1.82) is 0 Å². The summed E-state index contributed by atoms with van der Waals surface area (Å²) in [6, 6.07) is 5.33. The first-order chi connectivity index (χ1) is 7.67. The lowest BCUT2D eigenvalue weighted by Crippen LogP contribution is -2.12. The van der Waals surface area contributed by atoms with Crippen LogP contribution in [0.2, 0.25) is 0 Å². The Bertz CT molecular complexity index is 402. The highest BCUT2D eigenvalue weighted by molar-refractivity contribution is 5.85. The molecule has 0 bridgehead atoms. The SMILES string of the molecule is COc1ccc(OC)c(/C=N/NC(C)=O)c1. The molecule has 1 rings (SSSR count). The number of hydrogen-bond acceptors (Lipinski definition) is 4. The van der Waals surface area contributed by atoms with E-state index in [4.69, 9.17) is 9.47 Å². The van der Waals surface area contributed by atoms with Gasteiger partial charge < -0.3 is 9.47 Å². The number of nitrogens with one attached hydrogen (secondary N) is 1. The molecule has 0 heterocycles. The molecule has 0 saturated heterocycles. The van der Waals surface area contributed by atoms with Gasteiger partial charge in [0.05, 0.1) is 20.4 Å². The maximum atomic E-state index is 10.6. The Balaban J connectivity index is 2.90. The Kier molecular flexibility index (Phi) is 4.32. The number of methoxy groups -OCH3 is 2. The maximum Gasteiger partial charge on any atom is 0.236 e. The second-order valence-electron chi connectivity index (χ2n) is 3.03. The molecule has 1 N–H and O–H groups in total. The predicted molar refractivity (Wildman–Crippen MR) is 61.0 cm³/mol. The summed E-state index contributed by atoms with van der Waals surface area (Å²) in [5, 5.41) is 3.77. The van der Waals surface area contributed by atoms with Crippen molar-refractivity contribution in [3.05, 3.63) is 23.8 Å². The molecule has 5 heteroatoms. The van der Waals surface area contributed by atoms with Gasteiger partial charge in [0.25, 0.3) is 0 Å². The van der Waals surface area contributed by atoms with Crippen LogP contribution in [-0.4, -0.2) is 26.3 Å². The summed E-state index contributed by atoms with van der Waals surface area (Å²) in [6.45, 7) is 1.39. The van der Waals surface area contributed by atoms with Crippen LogP contribution in [0.25, 0.3) is 0 Å². The third-order valence-corrected chi connectivity index (χ3v) is 1.86. The van der Waals surface area contributed by atoms with Crippen molar-refractivity contribution < 1.29 is 14.3 Å². The lowest BCUT2D eigenvalue weighted by atomic mass is 10.2. The number of hydrogen-bond donors (Lipinski definition) is 1. The van der Waals surface area contributed by atoms with Gasteiger partial charge in [-0.1, -0.05) is 0 Å². The number of hydrazone groups is 1. The van der Waals surface area contributed by atoms with Crippen molar-refractivity contribution in [2.24, 2.45) is 5.10 Å². The molecule has 1 amide bonds. The molecule has 0 aromatic heterocycles. The molecular formula is C11H14N2O3. The Morgan fingerprint density at radius 1 is 1.38 bits per heavy atom. The number of ether oxygens (including phenoxy) is 2. The van der Waals surface area contributed by atoms with E-state index in [1.807, 2.05) is 0 Å². The molecular weight excluding hydrogens is 208 g/mol. The zero-order valence-corrected chi connectivity index (χ0v) is 9.48. The van der Waals surface area contributed by atoms with Crippen molar-refractivity contribution >= 4 is 12.1 Å². The van der Waals surface area contributed by atoms with Gasteiger partial charge >= 0.3 is 0 Å². The Hall–Kier alpha value is -2.04. The number of benzene rings is 1. The normalized spacial score (nSPS) is 10.2. The van der Waals surface area contributed by atoms with E-state index in [1.165, 1.54) is 13.1 Å². The molecule has 0 radical (unpaired) electrons. The van der Waals surface area contributed by atoms with Crippen LogP contribution in [0.5, 0.6) is 11.5 Å². The van der Waals surface area contributed by atoms with E-state index >= 15 is 0 Å². The predicted octanol–water partition coefficient (Wildman–Crippen LogP) is 1.17. The molecule has 0 aliphatic rings. The second kappa shape index (κ2) is 5.75. The Labute approximate surface area is 94.1 Å². The molecule has 5 nitrogen and oxygen atoms in total. The van der Waals surface area contributed by atoms with Gasteiger partial charge in [0, 0.05) is 12.5 Å². The zero-order valence-electron chi connectivity index (χ0n) is 9.48. The van der Waals surface area contributed by atoms with E-state index in [2.05, 4.69) is 10.5 Å². The number of nitrogens with zero attached hydrogens (tertiary/aromatic N) is 1. The lowest BCUT2D eigenvalue weighted by Gasteiger charge is -2.06. The summed E-state index contributed by atoms with van der Waals surface area (Å²) < 4.78 is 10.2. The molecule has 0 aliphatic carbocycles. The summed E-state index contributed by atoms with van der Waals surface area (Å²) in [5.74, 6) is 1.14. The van der Waals surface area contributed by atoms with Crippen LogP contribution in [0.4, 0.5) is 0 Å². The van der Waals surface area contributed by atoms with E-state index in [0.29, 0.717) is 11.5 Å². The van der Waals surface area contributed by atoms with Crippen molar-refractivity contribution in [2.45, 2.75) is 6.92 Å². The van der Waals surface area contributed by atoms with Gasteiger partial charge in [-0.2, -0.15) is 5.10 Å². The van der Waals surface area contributed by atoms with Crippen LogP contribution in [0.1, 0.15) is 12.5 Å². The first-order valence-electron chi connectivity index (χ1n) is 4.69. The summed E-state index contributed by atoms with van der Waals surface area (Å²) in [4.78, 5) is 10.6. The van der Waals surface area contributed by atoms with E-state index in [1.54, 1.807) is 32.4 Å². The third-order valence-electron chi connectivity index (χ3n) is 1.86. The third kappa shape index (κ3) is 3.27. The molecule has 16 heavy (non-hydrogen) atoms. The van der Waals surface area contributed by atoms with Crippen LogP contribution in [0.15, 0.2) is 23.3 Å². The summed E-state index contributed by atoms with van der Waals surface area (Å²) in [7, 11) is 3.15. The monoisotopic (exact) mass is 222 g/mol. The van der Waals surface area contributed by atoms with Crippen molar-refractivity contribution in [2.75, 3.05) is 14.2 Å². The minimum Gasteiger partial charge on any atom is -0.497 e. The summed E-state index contributed by atoms with van der Waals surface area (Å²) in [5.41, 5.74) is 3.05. The van der Waals surface area contributed by atoms with Gasteiger partial charge in [-0.05, 0) is 18.2 Å². The average Bonchev–Trinajstić information content (AvgIpc) is 2.28. The molecule has 0 unspecified atom stereocenters. The molecule has 0 atom stereocenters. The zero-order chi connectivity index (χ0) is 12.0. The van der Waals surface area contributed by atoms with Crippen molar-refractivity contribution in [3.8, 4) is 11.5 Å². The van der Waals surface area contributed by atoms with E-state index in [0.717, 1.165) is 5.56 Å². The minimum atomic E-state index is -0.224. The quantitative estimate of drug-likeness (QED) is 0.614. The fourth-order valence-electron chi connectivity index (χ4n) is 1.13. The Morgan fingerprint density at radius 2 is 2.12 bits per heavy atom. The van der Waals surface area contributed by atoms with E-state index in [9.17, 15) is 4.79 Å². The van der Waals surface area contributed by atoms with Gasteiger partial charge in [0.1, 0.15) is 11.5 Å². The maximum absolute atomic E-state index is 10.6. The first kappa shape index (κ1) is 12.0. The van der Waals surface area contributed by atoms with E-state index in [-0.39, 0.29) is 5.91 Å². The standard InChI is InChI=1S/C11H14N2O3/c1-8(14)13-12-7-9-6-10(15-2)4-5-11(9)16-3/h4-7H,1-3H3,(H,13,14)/b12-7+. The van der Waals surface area contributed by atoms with Gasteiger partial charge in [0.2, 0.25) is 5.91 Å². The van der Waals surface area contributed by atoms with Crippen molar-refractivity contribution in [3.63, 3.8) is 0 Å². The van der Waals surface area contributed by atoms with Crippen LogP contribution in [0.3, 0.4) is 0 Å². The highest BCUT2D eigenvalue weighted by Crippen LogP contribution is 2.22. The molecule has 0 aliphatic heterocycles. The number of carbonyl (C=O) groups is 1. The topological polar surface area (TPSA) is 59.9 Å². The fourth-order valence-corrected chi connectivity index (χ4v) is 1.13. The number of amides is 1. The van der Waals surface area contributed by atoms with Crippen molar-refractivity contribution in [1.82, 2.24) is 5.43 Å². The highest BCUT2D eigenvalue weighted by Gasteiger charge is 2.02. The number of carbonyl (C=O) groups excluding carboxylic acids is 1. The number of rotatable bonds is 4. The molecule has 86 valence electrons. The molecule has 0 saturated carbocycles. The van der Waals surface area contributed by atoms with Crippen LogP contribution in [0, 0.1) is 0 Å².